The van der Waals surface area contributed by atoms with Crippen molar-refractivity contribution in [3.63, 3.8) is 0 Å². The maximum absolute atomic E-state index is 12.7. The number of alkyl halides is 3. The summed E-state index contributed by atoms with van der Waals surface area (Å²) < 4.78 is 64.6. The number of rotatable bonds is 9. The summed E-state index contributed by atoms with van der Waals surface area (Å²) in [6, 6.07) is 9.73. The lowest BCUT2D eigenvalue weighted by Crippen LogP contribution is -2.33. The van der Waals surface area contributed by atoms with Gasteiger partial charge in [-0.2, -0.15) is 13.2 Å². The summed E-state index contributed by atoms with van der Waals surface area (Å²) >= 11 is 11.8. The first kappa shape index (κ1) is 25.3. The topological polar surface area (TPSA) is 78.5 Å². The zero-order chi connectivity index (χ0) is 23.2. The lowest BCUT2D eigenvalue weighted by atomic mass is 10.2. The van der Waals surface area contributed by atoms with Gasteiger partial charge in [0.05, 0.1) is 11.6 Å². The first-order valence-electron chi connectivity index (χ1n) is 8.99. The predicted molar refractivity (Wildman–Crippen MR) is 114 cm³/mol. The van der Waals surface area contributed by atoms with Crippen molar-refractivity contribution in [1.82, 2.24) is 10.2 Å². The van der Waals surface area contributed by atoms with Crippen molar-refractivity contribution in [2.24, 2.45) is 0 Å². The van der Waals surface area contributed by atoms with Crippen molar-refractivity contribution in [3.05, 3.63) is 58.1 Å². The van der Waals surface area contributed by atoms with Crippen LogP contribution in [0, 0.1) is 0 Å². The van der Waals surface area contributed by atoms with Gasteiger partial charge >= 0.3 is 6.18 Å². The Hall–Kier alpha value is -2.01. The van der Waals surface area contributed by atoms with Crippen LogP contribution in [-0.2, 0) is 10.0 Å². The van der Waals surface area contributed by atoms with Crippen LogP contribution < -0.4 is 10.0 Å². The van der Waals surface area contributed by atoms with Crippen LogP contribution in [0.5, 0.6) is 0 Å². The first-order valence-corrected chi connectivity index (χ1v) is 11.2. The standard InChI is InChI=1S/C19H20Cl2F3N3O3S/c1-27(12-19(22,23)24)10-2-9-25-18(28)13-3-8-16(21)17(11-13)31(29,30)26-15-6-4-14(20)5-7-15/h3-8,11,26H,2,9-10,12H2,1H3,(H,25,28). The van der Waals surface area contributed by atoms with E-state index in [0.717, 1.165) is 11.0 Å². The van der Waals surface area contributed by atoms with E-state index in [1.54, 1.807) is 0 Å². The predicted octanol–water partition coefficient (Wildman–Crippen LogP) is 4.41. The van der Waals surface area contributed by atoms with Crippen LogP contribution in [0.1, 0.15) is 16.8 Å². The number of anilines is 1. The normalized spacial score (nSPS) is 12.1. The molecule has 0 bridgehead atoms. The van der Waals surface area contributed by atoms with Crippen LogP contribution in [0.2, 0.25) is 10.0 Å². The van der Waals surface area contributed by atoms with E-state index in [9.17, 15) is 26.4 Å². The molecule has 0 fully saturated rings. The SMILES string of the molecule is CN(CCCNC(=O)c1ccc(Cl)c(S(=O)(=O)Nc2ccc(Cl)cc2)c1)CC(F)(F)F. The van der Waals surface area contributed by atoms with E-state index in [2.05, 4.69) is 10.0 Å². The quantitative estimate of drug-likeness (QED) is 0.503. The Morgan fingerprint density at radius 1 is 1.10 bits per heavy atom. The molecule has 0 atom stereocenters. The largest absolute Gasteiger partial charge is 0.401 e. The third kappa shape index (κ3) is 8.21. The van der Waals surface area contributed by atoms with Crippen LogP contribution in [0.25, 0.3) is 0 Å². The molecule has 170 valence electrons. The van der Waals surface area contributed by atoms with Gasteiger partial charge in [0.1, 0.15) is 4.90 Å². The minimum absolute atomic E-state index is 0.0459. The Kier molecular flexibility index (Phi) is 8.58. The summed E-state index contributed by atoms with van der Waals surface area (Å²) in [4.78, 5) is 13.1. The van der Waals surface area contributed by atoms with Gasteiger partial charge in [0.2, 0.25) is 0 Å². The van der Waals surface area contributed by atoms with Crippen molar-refractivity contribution in [2.75, 3.05) is 31.4 Å². The van der Waals surface area contributed by atoms with Gasteiger partial charge in [-0.3, -0.25) is 14.4 Å². The molecular formula is C19H20Cl2F3N3O3S. The van der Waals surface area contributed by atoms with Gasteiger partial charge in [0.15, 0.2) is 0 Å². The molecule has 12 heteroatoms. The van der Waals surface area contributed by atoms with Gasteiger partial charge in [-0.25, -0.2) is 8.42 Å². The number of nitrogens with zero attached hydrogens (tertiary/aromatic N) is 1. The number of halogens is 5. The number of hydrogen-bond donors (Lipinski definition) is 2. The second kappa shape index (κ2) is 10.5. The van der Waals surface area contributed by atoms with E-state index >= 15 is 0 Å². The lowest BCUT2D eigenvalue weighted by molar-refractivity contribution is -0.143. The number of amides is 1. The average molecular weight is 498 g/mol. The highest BCUT2D eigenvalue weighted by molar-refractivity contribution is 7.92. The van der Waals surface area contributed by atoms with Crippen LogP contribution in [0.15, 0.2) is 47.4 Å². The highest BCUT2D eigenvalue weighted by atomic mass is 35.5. The van der Waals surface area contributed by atoms with E-state index in [4.69, 9.17) is 23.2 Å². The van der Waals surface area contributed by atoms with Crippen molar-refractivity contribution >= 4 is 44.8 Å². The van der Waals surface area contributed by atoms with Gasteiger partial charge in [-0.15, -0.1) is 0 Å². The number of benzene rings is 2. The highest BCUT2D eigenvalue weighted by Gasteiger charge is 2.28. The third-order valence-electron chi connectivity index (χ3n) is 4.03. The summed E-state index contributed by atoms with van der Waals surface area (Å²) in [7, 11) is -2.75. The van der Waals surface area contributed by atoms with Crippen molar-refractivity contribution < 1.29 is 26.4 Å². The fraction of sp³-hybridized carbons (Fsp3) is 0.316. The molecule has 0 heterocycles. The summed E-state index contributed by atoms with van der Waals surface area (Å²) in [6.07, 6.45) is -4.00. The van der Waals surface area contributed by atoms with E-state index in [0.29, 0.717) is 5.02 Å². The van der Waals surface area contributed by atoms with Crippen molar-refractivity contribution in [2.45, 2.75) is 17.5 Å². The molecule has 0 aliphatic carbocycles. The third-order valence-corrected chi connectivity index (χ3v) is 6.15. The Labute approximate surface area is 188 Å². The molecule has 0 radical (unpaired) electrons. The molecule has 0 aliphatic rings. The fourth-order valence-electron chi connectivity index (χ4n) is 2.62. The second-order valence-corrected chi connectivity index (χ2v) is 9.21. The second-order valence-electron chi connectivity index (χ2n) is 6.72. The Balaban J connectivity index is 2.01. The van der Waals surface area contributed by atoms with Gasteiger partial charge in [-0.1, -0.05) is 23.2 Å². The summed E-state index contributed by atoms with van der Waals surface area (Å²) in [6.45, 7) is -0.792. The Morgan fingerprint density at radius 2 is 1.74 bits per heavy atom. The molecule has 6 nitrogen and oxygen atoms in total. The van der Waals surface area contributed by atoms with Crippen LogP contribution in [0.4, 0.5) is 18.9 Å². The molecule has 2 aromatic carbocycles. The average Bonchev–Trinajstić information content (AvgIpc) is 2.65. The van der Waals surface area contributed by atoms with E-state index < -0.39 is 28.7 Å². The summed E-state index contributed by atoms with van der Waals surface area (Å²) in [5, 5.41) is 2.91. The van der Waals surface area contributed by atoms with Crippen LogP contribution in [0.3, 0.4) is 0 Å². The van der Waals surface area contributed by atoms with Crippen molar-refractivity contribution in [1.29, 1.82) is 0 Å². The zero-order valence-corrected chi connectivity index (χ0v) is 18.7. The molecule has 0 unspecified atom stereocenters. The maximum Gasteiger partial charge on any atom is 0.401 e. The minimum Gasteiger partial charge on any atom is -0.352 e. The summed E-state index contributed by atoms with van der Waals surface area (Å²) in [5.74, 6) is -0.571. The zero-order valence-electron chi connectivity index (χ0n) is 16.3. The number of sulfonamides is 1. The van der Waals surface area contributed by atoms with Crippen LogP contribution >= 0.6 is 23.2 Å². The molecule has 0 aliphatic heterocycles. The Bertz CT molecular complexity index is 1020. The molecule has 2 rings (SSSR count). The minimum atomic E-state index is -4.29. The Morgan fingerprint density at radius 3 is 2.35 bits per heavy atom. The molecule has 2 aromatic rings. The van der Waals surface area contributed by atoms with Gasteiger partial charge in [0.25, 0.3) is 15.9 Å². The van der Waals surface area contributed by atoms with Crippen LogP contribution in [-0.4, -0.2) is 52.1 Å². The van der Waals surface area contributed by atoms with Crippen molar-refractivity contribution in [3.8, 4) is 0 Å². The first-order chi connectivity index (χ1) is 14.4. The fourth-order valence-corrected chi connectivity index (χ4v) is 4.33. The van der Waals surface area contributed by atoms with Gasteiger partial charge < -0.3 is 5.32 Å². The molecule has 1 amide bonds. The van der Waals surface area contributed by atoms with E-state index in [1.165, 1.54) is 43.4 Å². The maximum atomic E-state index is 12.7. The number of carbonyl (C=O) groups is 1. The molecule has 0 aromatic heterocycles. The van der Waals surface area contributed by atoms with Gasteiger partial charge in [0, 0.05) is 22.8 Å². The number of carbonyl (C=O) groups excluding carboxylic acids is 1. The molecule has 0 spiro atoms. The summed E-state index contributed by atoms with van der Waals surface area (Å²) in [5.41, 5.74) is 0.308. The molecule has 0 saturated heterocycles. The molecule has 0 saturated carbocycles. The number of hydrogen-bond acceptors (Lipinski definition) is 4. The molecular weight excluding hydrogens is 478 g/mol. The highest BCUT2D eigenvalue weighted by Crippen LogP contribution is 2.25. The van der Waals surface area contributed by atoms with E-state index in [-0.39, 0.29) is 40.7 Å². The van der Waals surface area contributed by atoms with Gasteiger partial charge in [-0.05, 0) is 62.5 Å². The number of nitrogens with one attached hydrogen (secondary N) is 2. The molecule has 31 heavy (non-hydrogen) atoms. The monoisotopic (exact) mass is 497 g/mol. The molecule has 2 N–H and O–H groups in total. The lowest BCUT2D eigenvalue weighted by Gasteiger charge is -2.18. The van der Waals surface area contributed by atoms with E-state index in [1.807, 2.05) is 0 Å². The smallest absolute Gasteiger partial charge is 0.352 e.